The van der Waals surface area contributed by atoms with Crippen LogP contribution in [0.25, 0.3) is 0 Å². The SMILES string of the molecule is CCCN1CCC(NC(=O)C2C3CCC(C3)C2N)CC1.Cl.Cl. The molecular formula is C16H31Cl2N3O. The van der Waals surface area contributed by atoms with E-state index in [0.717, 1.165) is 25.9 Å². The first-order chi connectivity index (χ1) is 9.69. The maximum atomic E-state index is 12.5. The Morgan fingerprint density at radius 3 is 2.32 bits per heavy atom. The van der Waals surface area contributed by atoms with E-state index in [0.29, 0.717) is 17.9 Å². The molecule has 130 valence electrons. The van der Waals surface area contributed by atoms with Crippen molar-refractivity contribution < 1.29 is 4.79 Å². The second-order valence-electron chi connectivity index (χ2n) is 7.06. The van der Waals surface area contributed by atoms with Gasteiger partial charge in [-0.25, -0.2) is 0 Å². The van der Waals surface area contributed by atoms with Gasteiger partial charge in [-0.2, -0.15) is 0 Å². The Hall–Kier alpha value is -0.0300. The van der Waals surface area contributed by atoms with Gasteiger partial charge in [0.05, 0.1) is 5.92 Å². The largest absolute Gasteiger partial charge is 0.353 e. The number of fused-ring (bicyclic) bond motifs is 2. The number of hydrogen-bond donors (Lipinski definition) is 2. The number of nitrogens with zero attached hydrogens (tertiary/aromatic N) is 1. The molecule has 0 aromatic heterocycles. The lowest BCUT2D eigenvalue weighted by molar-refractivity contribution is -0.128. The van der Waals surface area contributed by atoms with Crippen LogP contribution in [0, 0.1) is 17.8 Å². The van der Waals surface area contributed by atoms with Crippen LogP contribution < -0.4 is 11.1 Å². The lowest BCUT2D eigenvalue weighted by Gasteiger charge is -2.34. The molecule has 1 amide bonds. The number of piperidine rings is 1. The standard InChI is InChI=1S/C16H29N3O.2ClH/c1-2-7-19-8-5-13(6-9-19)18-16(20)14-11-3-4-12(10-11)15(14)17;;/h11-15H,2-10,17H2,1H3,(H,18,20);2*1H. The number of rotatable bonds is 4. The van der Waals surface area contributed by atoms with Crippen molar-refractivity contribution in [1.82, 2.24) is 10.2 Å². The topological polar surface area (TPSA) is 58.4 Å². The third-order valence-corrected chi connectivity index (χ3v) is 5.76. The van der Waals surface area contributed by atoms with Gasteiger partial charge >= 0.3 is 0 Å². The number of carbonyl (C=O) groups is 1. The summed E-state index contributed by atoms with van der Waals surface area (Å²) < 4.78 is 0. The zero-order valence-electron chi connectivity index (χ0n) is 13.5. The zero-order valence-corrected chi connectivity index (χ0v) is 15.1. The highest BCUT2D eigenvalue weighted by Crippen LogP contribution is 2.47. The molecule has 1 heterocycles. The fourth-order valence-corrected chi connectivity index (χ4v) is 4.64. The van der Waals surface area contributed by atoms with Crippen LogP contribution in [0.5, 0.6) is 0 Å². The summed E-state index contributed by atoms with van der Waals surface area (Å²) >= 11 is 0. The Labute approximate surface area is 146 Å². The molecule has 6 heteroatoms. The molecule has 1 aliphatic heterocycles. The third kappa shape index (κ3) is 4.08. The second kappa shape index (κ2) is 8.72. The molecule has 3 fully saturated rings. The molecule has 2 aliphatic carbocycles. The van der Waals surface area contributed by atoms with Crippen molar-refractivity contribution in [2.75, 3.05) is 19.6 Å². The fourth-order valence-electron chi connectivity index (χ4n) is 4.64. The average molecular weight is 352 g/mol. The lowest BCUT2D eigenvalue weighted by atomic mass is 9.84. The van der Waals surface area contributed by atoms with Gasteiger partial charge in [-0.1, -0.05) is 6.92 Å². The molecule has 1 saturated heterocycles. The average Bonchev–Trinajstić information content (AvgIpc) is 3.02. The number of carbonyl (C=O) groups excluding carboxylic acids is 1. The number of nitrogens with one attached hydrogen (secondary N) is 1. The highest BCUT2D eigenvalue weighted by atomic mass is 35.5. The molecule has 2 saturated carbocycles. The summed E-state index contributed by atoms with van der Waals surface area (Å²) in [7, 11) is 0. The number of halogens is 2. The summed E-state index contributed by atoms with van der Waals surface area (Å²) in [5.74, 6) is 1.53. The molecule has 0 radical (unpaired) electrons. The quantitative estimate of drug-likeness (QED) is 0.816. The summed E-state index contributed by atoms with van der Waals surface area (Å²) in [4.78, 5) is 15.0. The van der Waals surface area contributed by atoms with E-state index in [1.165, 1.54) is 32.2 Å². The van der Waals surface area contributed by atoms with E-state index in [-0.39, 0.29) is 42.7 Å². The first-order valence-electron chi connectivity index (χ1n) is 8.47. The number of hydrogen-bond acceptors (Lipinski definition) is 3. The van der Waals surface area contributed by atoms with Gasteiger partial charge in [-0.3, -0.25) is 4.79 Å². The molecule has 4 atom stereocenters. The minimum atomic E-state index is 0. The van der Waals surface area contributed by atoms with Crippen molar-refractivity contribution in [3.8, 4) is 0 Å². The van der Waals surface area contributed by atoms with Gasteiger partial charge in [0.2, 0.25) is 5.91 Å². The minimum Gasteiger partial charge on any atom is -0.353 e. The van der Waals surface area contributed by atoms with Crippen LogP contribution in [-0.2, 0) is 4.79 Å². The number of nitrogens with two attached hydrogens (primary N) is 1. The van der Waals surface area contributed by atoms with E-state index < -0.39 is 0 Å². The molecule has 4 unspecified atom stereocenters. The van der Waals surface area contributed by atoms with Gasteiger partial charge < -0.3 is 16.0 Å². The number of amides is 1. The van der Waals surface area contributed by atoms with E-state index >= 15 is 0 Å². The first-order valence-corrected chi connectivity index (χ1v) is 8.47. The van der Waals surface area contributed by atoms with Gasteiger partial charge in [0, 0.05) is 25.2 Å². The van der Waals surface area contributed by atoms with E-state index in [9.17, 15) is 4.79 Å². The predicted octanol–water partition coefficient (Wildman–Crippen LogP) is 2.19. The monoisotopic (exact) mass is 351 g/mol. The summed E-state index contributed by atoms with van der Waals surface area (Å²) in [6, 6.07) is 0.496. The van der Waals surface area contributed by atoms with Crippen LogP contribution in [0.1, 0.15) is 45.4 Å². The molecule has 0 spiro atoms. The van der Waals surface area contributed by atoms with Crippen molar-refractivity contribution in [3.63, 3.8) is 0 Å². The molecule has 3 N–H and O–H groups in total. The lowest BCUT2D eigenvalue weighted by Crippen LogP contribution is -2.50. The van der Waals surface area contributed by atoms with Crippen LogP contribution in [0.3, 0.4) is 0 Å². The highest BCUT2D eigenvalue weighted by molar-refractivity contribution is 5.85. The van der Waals surface area contributed by atoms with Crippen LogP contribution in [0.2, 0.25) is 0 Å². The Morgan fingerprint density at radius 2 is 1.77 bits per heavy atom. The second-order valence-corrected chi connectivity index (χ2v) is 7.06. The van der Waals surface area contributed by atoms with Crippen LogP contribution in [0.15, 0.2) is 0 Å². The predicted molar refractivity (Wildman–Crippen MR) is 94.7 cm³/mol. The Kier molecular flexibility index (Phi) is 7.93. The van der Waals surface area contributed by atoms with Crippen molar-refractivity contribution in [2.24, 2.45) is 23.5 Å². The van der Waals surface area contributed by atoms with Crippen molar-refractivity contribution in [2.45, 2.75) is 57.5 Å². The van der Waals surface area contributed by atoms with Gasteiger partial charge in [0.25, 0.3) is 0 Å². The van der Waals surface area contributed by atoms with Crippen LogP contribution >= 0.6 is 24.8 Å². The normalized spacial score (nSPS) is 34.8. The van der Waals surface area contributed by atoms with E-state index in [1.807, 2.05) is 0 Å². The van der Waals surface area contributed by atoms with Gasteiger partial charge in [0.1, 0.15) is 0 Å². The van der Waals surface area contributed by atoms with Crippen molar-refractivity contribution in [3.05, 3.63) is 0 Å². The van der Waals surface area contributed by atoms with Crippen LogP contribution in [0.4, 0.5) is 0 Å². The highest BCUT2D eigenvalue weighted by Gasteiger charge is 2.49. The fraction of sp³-hybridized carbons (Fsp3) is 0.938. The van der Waals surface area contributed by atoms with Crippen molar-refractivity contribution in [1.29, 1.82) is 0 Å². The number of likely N-dealkylation sites (tertiary alicyclic amines) is 1. The first kappa shape index (κ1) is 20.0. The molecular weight excluding hydrogens is 321 g/mol. The summed E-state index contributed by atoms with van der Waals surface area (Å²) in [5, 5.41) is 3.29. The Bertz CT molecular complexity index is 359. The molecule has 0 aromatic rings. The minimum absolute atomic E-state index is 0. The molecule has 3 rings (SSSR count). The molecule has 2 bridgehead atoms. The summed E-state index contributed by atoms with van der Waals surface area (Å²) in [6.45, 7) is 5.67. The van der Waals surface area contributed by atoms with E-state index in [1.54, 1.807) is 0 Å². The zero-order chi connectivity index (χ0) is 14.1. The van der Waals surface area contributed by atoms with Crippen LogP contribution in [-0.4, -0.2) is 42.5 Å². The Morgan fingerprint density at radius 1 is 1.14 bits per heavy atom. The van der Waals surface area contributed by atoms with E-state index in [2.05, 4.69) is 17.1 Å². The van der Waals surface area contributed by atoms with Gasteiger partial charge in [0.15, 0.2) is 0 Å². The van der Waals surface area contributed by atoms with Gasteiger partial charge in [-0.05, 0) is 56.9 Å². The maximum Gasteiger partial charge on any atom is 0.225 e. The molecule has 3 aliphatic rings. The third-order valence-electron chi connectivity index (χ3n) is 5.76. The molecule has 0 aromatic carbocycles. The van der Waals surface area contributed by atoms with Gasteiger partial charge in [-0.15, -0.1) is 24.8 Å². The maximum absolute atomic E-state index is 12.5. The Balaban J connectivity index is 0.00000121. The van der Waals surface area contributed by atoms with Crippen molar-refractivity contribution >= 4 is 30.7 Å². The van der Waals surface area contributed by atoms with E-state index in [4.69, 9.17) is 5.73 Å². The summed E-state index contributed by atoms with van der Waals surface area (Å²) in [5.41, 5.74) is 6.26. The molecule has 4 nitrogen and oxygen atoms in total. The molecule has 22 heavy (non-hydrogen) atoms. The smallest absolute Gasteiger partial charge is 0.225 e. The summed E-state index contributed by atoms with van der Waals surface area (Å²) in [6.07, 6.45) is 7.06.